The molecule has 22 heavy (non-hydrogen) atoms. The van der Waals surface area contributed by atoms with Crippen LogP contribution in [0.15, 0.2) is 12.7 Å². The van der Waals surface area contributed by atoms with Crippen molar-refractivity contribution in [2.24, 2.45) is 0 Å². The molecule has 0 aliphatic rings. The molecule has 0 aromatic heterocycles. The van der Waals surface area contributed by atoms with Crippen molar-refractivity contribution in [3.63, 3.8) is 0 Å². The van der Waals surface area contributed by atoms with Gasteiger partial charge in [0.15, 0.2) is 0 Å². The summed E-state index contributed by atoms with van der Waals surface area (Å²) >= 11 is 0. The number of carbonyl (C=O) groups excluding carboxylic acids is 2. The van der Waals surface area contributed by atoms with Crippen molar-refractivity contribution < 1.29 is 23.6 Å². The van der Waals surface area contributed by atoms with Crippen LogP contribution in [0.1, 0.15) is 57.8 Å². The molecular formula is C16H25O5P. The van der Waals surface area contributed by atoms with E-state index in [0.717, 1.165) is 44.9 Å². The third-order valence-electron chi connectivity index (χ3n) is 3.00. The average molecular weight is 328 g/mol. The van der Waals surface area contributed by atoms with Crippen molar-refractivity contribution in [3.8, 4) is 5.63 Å². The van der Waals surface area contributed by atoms with E-state index in [9.17, 15) is 14.2 Å². The Labute approximate surface area is 133 Å². The van der Waals surface area contributed by atoms with Gasteiger partial charge in [-0.25, -0.2) is 4.79 Å². The Kier molecular flexibility index (Phi) is 15.1. The normalized spacial score (nSPS) is 9.64. The van der Waals surface area contributed by atoms with Gasteiger partial charge in [-0.15, -0.1) is 0 Å². The van der Waals surface area contributed by atoms with Gasteiger partial charge in [0.25, 0.3) is 0 Å². The third-order valence-corrected chi connectivity index (χ3v) is 3.29. The SMILES string of the molecule is C=CC(=O)OCCCCCCCCCCOC(=O)CC#P=O. The molecule has 0 rings (SSSR count). The average Bonchev–Trinajstić information content (AvgIpc) is 2.53. The predicted molar refractivity (Wildman–Crippen MR) is 85.2 cm³/mol. The molecule has 5 nitrogen and oxygen atoms in total. The Balaban J connectivity index is 3.18. The van der Waals surface area contributed by atoms with Crippen LogP contribution >= 0.6 is 7.92 Å². The number of carbonyl (C=O) groups is 2. The minimum absolute atomic E-state index is 0.0207. The summed E-state index contributed by atoms with van der Waals surface area (Å²) in [6, 6.07) is 0. The van der Waals surface area contributed by atoms with Gasteiger partial charge in [-0.3, -0.25) is 0 Å². The summed E-state index contributed by atoms with van der Waals surface area (Å²) in [5, 5.41) is 0. The van der Waals surface area contributed by atoms with E-state index in [0.29, 0.717) is 13.2 Å². The van der Waals surface area contributed by atoms with Gasteiger partial charge >= 0.3 is 97.6 Å². The van der Waals surface area contributed by atoms with Crippen molar-refractivity contribution >= 4 is 19.9 Å². The first-order valence-corrected chi connectivity index (χ1v) is 8.52. The van der Waals surface area contributed by atoms with Crippen LogP contribution in [-0.2, 0) is 23.6 Å². The Morgan fingerprint density at radius 3 is 1.91 bits per heavy atom. The maximum absolute atomic E-state index is 11.1. The molecule has 0 atom stereocenters. The molecule has 0 saturated carbocycles. The van der Waals surface area contributed by atoms with E-state index in [-0.39, 0.29) is 26.3 Å². The first kappa shape index (κ1) is 20.7. The van der Waals surface area contributed by atoms with Gasteiger partial charge in [0.1, 0.15) is 0 Å². The van der Waals surface area contributed by atoms with Gasteiger partial charge in [0.2, 0.25) is 0 Å². The molecule has 0 aromatic rings. The van der Waals surface area contributed by atoms with E-state index in [1.165, 1.54) is 12.5 Å². The molecule has 0 unspecified atom stereocenters. The van der Waals surface area contributed by atoms with E-state index >= 15 is 0 Å². The fourth-order valence-electron chi connectivity index (χ4n) is 1.83. The van der Waals surface area contributed by atoms with Gasteiger partial charge < -0.3 is 4.74 Å². The summed E-state index contributed by atoms with van der Waals surface area (Å²) in [4.78, 5) is 21.8. The Morgan fingerprint density at radius 1 is 0.909 bits per heavy atom. The molecule has 6 heteroatoms. The van der Waals surface area contributed by atoms with Crippen molar-refractivity contribution in [2.75, 3.05) is 13.2 Å². The van der Waals surface area contributed by atoms with Crippen molar-refractivity contribution in [2.45, 2.75) is 57.8 Å². The van der Waals surface area contributed by atoms with Gasteiger partial charge in [-0.2, -0.15) is 0 Å². The second-order valence-corrected chi connectivity index (χ2v) is 5.35. The standard InChI is InChI=1S/C16H25O5P/c1-2-15(17)20-12-9-7-5-3-4-6-8-10-13-21-16(18)11-14-22-19/h2H,1,3-13H2. The summed E-state index contributed by atoms with van der Waals surface area (Å²) in [6.45, 7) is 4.23. The van der Waals surface area contributed by atoms with Crippen LogP contribution in [-0.4, -0.2) is 25.2 Å². The van der Waals surface area contributed by atoms with Crippen LogP contribution in [0.25, 0.3) is 0 Å². The molecular weight excluding hydrogens is 303 g/mol. The minimum atomic E-state index is -0.375. The summed E-state index contributed by atoms with van der Waals surface area (Å²) in [6.07, 6.45) is 9.61. The van der Waals surface area contributed by atoms with Gasteiger partial charge in [0.05, 0.1) is 6.61 Å². The predicted octanol–water partition coefficient (Wildman–Crippen LogP) is 4.02. The van der Waals surface area contributed by atoms with Crippen LogP contribution in [0.3, 0.4) is 0 Å². The number of hydrogen-bond donors (Lipinski definition) is 0. The molecule has 124 valence electrons. The Morgan fingerprint density at radius 2 is 1.41 bits per heavy atom. The quantitative estimate of drug-likeness (QED) is 0.221. The number of ether oxygens (including phenoxy) is 2. The second kappa shape index (κ2) is 16.1. The topological polar surface area (TPSA) is 69.7 Å². The molecule has 0 amide bonds. The second-order valence-electron chi connectivity index (χ2n) is 4.85. The molecule has 0 saturated heterocycles. The Bertz CT molecular complexity index is 427. The fraction of sp³-hybridized carbons (Fsp3) is 0.688. The van der Waals surface area contributed by atoms with Gasteiger partial charge in [-0.1, -0.05) is 6.58 Å². The first-order chi connectivity index (χ1) is 10.7. The van der Waals surface area contributed by atoms with Crippen LogP contribution in [0.2, 0.25) is 0 Å². The maximum atomic E-state index is 11.1. The van der Waals surface area contributed by atoms with Crippen molar-refractivity contribution in [1.29, 1.82) is 0 Å². The molecule has 0 heterocycles. The molecule has 0 fully saturated rings. The molecule has 0 aliphatic heterocycles. The van der Waals surface area contributed by atoms with E-state index in [2.05, 4.69) is 12.2 Å². The molecule has 0 spiro atoms. The van der Waals surface area contributed by atoms with Gasteiger partial charge in [0, 0.05) is 6.08 Å². The Hall–Kier alpha value is -1.31. The van der Waals surface area contributed by atoms with Crippen LogP contribution in [0.4, 0.5) is 0 Å². The molecule has 0 aromatic carbocycles. The number of unbranched alkanes of at least 4 members (excludes halogenated alkanes) is 7. The van der Waals surface area contributed by atoms with E-state index in [4.69, 9.17) is 9.47 Å². The molecule has 0 aliphatic carbocycles. The van der Waals surface area contributed by atoms with E-state index in [1.54, 1.807) is 0 Å². The summed E-state index contributed by atoms with van der Waals surface area (Å²) in [5.74, 6) is -0.732. The zero-order valence-electron chi connectivity index (χ0n) is 13.1. The monoisotopic (exact) mass is 328 g/mol. The van der Waals surface area contributed by atoms with Crippen molar-refractivity contribution in [3.05, 3.63) is 12.7 Å². The number of rotatable bonds is 13. The van der Waals surface area contributed by atoms with Crippen molar-refractivity contribution in [1.82, 2.24) is 0 Å². The van der Waals surface area contributed by atoms with Gasteiger partial charge in [-0.05, 0) is 6.42 Å². The summed E-state index contributed by atoms with van der Waals surface area (Å²) in [5.41, 5.74) is 2.36. The number of esters is 2. The summed E-state index contributed by atoms with van der Waals surface area (Å²) in [7, 11) is -0.257. The molecule has 0 N–H and O–H groups in total. The van der Waals surface area contributed by atoms with Crippen LogP contribution < -0.4 is 0 Å². The van der Waals surface area contributed by atoms with E-state index in [1.807, 2.05) is 0 Å². The molecule has 0 bridgehead atoms. The van der Waals surface area contributed by atoms with E-state index < -0.39 is 0 Å². The summed E-state index contributed by atoms with van der Waals surface area (Å²) < 4.78 is 19.9. The van der Waals surface area contributed by atoms with Crippen LogP contribution in [0.5, 0.6) is 0 Å². The van der Waals surface area contributed by atoms with Crippen LogP contribution in [0, 0.1) is 5.63 Å². The number of hydrogen-bond acceptors (Lipinski definition) is 5. The third kappa shape index (κ3) is 15.1. The first-order valence-electron chi connectivity index (χ1n) is 7.70. The molecule has 0 radical (unpaired) electrons. The zero-order valence-corrected chi connectivity index (χ0v) is 13.9. The zero-order chi connectivity index (χ0) is 16.5. The fourth-order valence-corrected chi connectivity index (χ4v) is 2.02.